The van der Waals surface area contributed by atoms with E-state index in [1.54, 1.807) is 29.3 Å². The van der Waals surface area contributed by atoms with Crippen molar-refractivity contribution >= 4 is 28.3 Å². The predicted molar refractivity (Wildman–Crippen MR) is 93.1 cm³/mol. The molecule has 0 fully saturated rings. The zero-order valence-corrected chi connectivity index (χ0v) is 13.9. The number of hydrogen-bond acceptors (Lipinski definition) is 6. The van der Waals surface area contributed by atoms with Crippen LogP contribution in [0.1, 0.15) is 40.4 Å². The minimum atomic E-state index is 0.121. The van der Waals surface area contributed by atoms with Crippen LogP contribution in [0.25, 0.3) is 0 Å². The first kappa shape index (κ1) is 15.1. The van der Waals surface area contributed by atoms with Gasteiger partial charge in [-0.1, -0.05) is 17.7 Å². The lowest BCUT2D eigenvalue weighted by molar-refractivity contribution is 0.697. The van der Waals surface area contributed by atoms with E-state index in [2.05, 4.69) is 32.9 Å². The number of thioether (sulfide) groups is 1. The summed E-state index contributed by atoms with van der Waals surface area (Å²) in [6.07, 6.45) is 7.43. The van der Waals surface area contributed by atoms with Gasteiger partial charge in [-0.3, -0.25) is 9.98 Å². The van der Waals surface area contributed by atoms with E-state index in [9.17, 15) is 0 Å². The van der Waals surface area contributed by atoms with Gasteiger partial charge in [0.1, 0.15) is 11.0 Å². The summed E-state index contributed by atoms with van der Waals surface area (Å²) in [6, 6.07) is 2.20. The lowest BCUT2D eigenvalue weighted by Gasteiger charge is -2.15. The topological polar surface area (TPSA) is 64.2 Å². The molecule has 3 rings (SSSR count). The number of aromatic nitrogens is 2. The molecular weight excluding hydrogens is 312 g/mol. The Kier molecular flexibility index (Phi) is 4.76. The average Bonchev–Trinajstić information content (AvgIpc) is 2.96. The molecule has 0 unspecified atom stereocenters. The van der Waals surface area contributed by atoms with Crippen LogP contribution in [0.5, 0.6) is 0 Å². The van der Waals surface area contributed by atoms with Crippen LogP contribution in [-0.2, 0) is 6.42 Å². The molecule has 0 aromatic carbocycles. The molecule has 0 radical (unpaired) electrons. The highest BCUT2D eigenvalue weighted by atomic mass is 32.2. The van der Waals surface area contributed by atoms with Crippen LogP contribution < -0.4 is 5.73 Å². The number of pyridine rings is 1. The van der Waals surface area contributed by atoms with Gasteiger partial charge in [0.05, 0.1) is 0 Å². The van der Waals surface area contributed by atoms with Crippen LogP contribution in [0.3, 0.4) is 0 Å². The maximum absolute atomic E-state index is 5.81. The second-order valence-corrected chi connectivity index (χ2v) is 7.18. The molecule has 4 nitrogen and oxygen atoms in total. The largest absolute Gasteiger partial charge is 0.379 e. The van der Waals surface area contributed by atoms with E-state index in [-0.39, 0.29) is 6.04 Å². The van der Waals surface area contributed by atoms with E-state index < -0.39 is 0 Å². The highest BCUT2D eigenvalue weighted by Crippen LogP contribution is 2.31. The van der Waals surface area contributed by atoms with Gasteiger partial charge in [0.25, 0.3) is 0 Å². The molecule has 6 heteroatoms. The molecule has 0 spiro atoms. The number of nitrogens with zero attached hydrogens (tertiary/aromatic N) is 3. The molecule has 0 saturated carbocycles. The smallest absolute Gasteiger partial charge is 0.154 e. The van der Waals surface area contributed by atoms with Crippen molar-refractivity contribution in [3.8, 4) is 11.8 Å². The summed E-state index contributed by atoms with van der Waals surface area (Å²) < 4.78 is 0. The maximum Gasteiger partial charge on any atom is 0.154 e. The van der Waals surface area contributed by atoms with Crippen molar-refractivity contribution in [1.29, 1.82) is 0 Å². The first-order chi connectivity index (χ1) is 10.7. The molecule has 0 aliphatic carbocycles. The minimum Gasteiger partial charge on any atom is -0.379 e. The van der Waals surface area contributed by atoms with Crippen molar-refractivity contribution < 1.29 is 0 Å². The second kappa shape index (κ2) is 6.95. The molecule has 2 aromatic heterocycles. The molecule has 2 N–H and O–H groups in total. The van der Waals surface area contributed by atoms with E-state index in [1.807, 2.05) is 19.3 Å². The molecule has 0 bridgehead atoms. The third kappa shape index (κ3) is 3.67. The SMILES string of the molecule is CC#Cc1cncc(Cc2cnc([C@@H]3CCSC(N)=N3)s2)c1. The fourth-order valence-corrected chi connectivity index (χ4v) is 4.04. The fraction of sp³-hybridized carbons (Fsp3) is 0.312. The summed E-state index contributed by atoms with van der Waals surface area (Å²) in [5.74, 6) is 6.95. The molecule has 1 aliphatic rings. The molecule has 22 heavy (non-hydrogen) atoms. The highest BCUT2D eigenvalue weighted by Gasteiger charge is 2.19. The van der Waals surface area contributed by atoms with Gasteiger partial charge >= 0.3 is 0 Å². The van der Waals surface area contributed by atoms with Crippen LogP contribution >= 0.6 is 23.1 Å². The standard InChI is InChI=1S/C16H16N4S2/c1-2-3-11-6-12(9-18-8-11)7-13-10-19-15(22-13)14-4-5-21-16(17)20-14/h6,8-10,14H,4-5,7H2,1H3,(H2,17,20)/t14-/m0/s1. The van der Waals surface area contributed by atoms with Gasteiger partial charge in [-0.05, 0) is 25.0 Å². The fourth-order valence-electron chi connectivity index (χ4n) is 2.27. The molecule has 1 aliphatic heterocycles. The predicted octanol–water partition coefficient (Wildman–Crippen LogP) is 2.99. The zero-order valence-electron chi connectivity index (χ0n) is 12.2. The van der Waals surface area contributed by atoms with Crippen molar-refractivity contribution in [3.05, 3.63) is 45.7 Å². The molecule has 2 aromatic rings. The van der Waals surface area contributed by atoms with Crippen LogP contribution in [0.15, 0.2) is 29.6 Å². The quantitative estimate of drug-likeness (QED) is 0.880. The van der Waals surface area contributed by atoms with Crippen molar-refractivity contribution in [1.82, 2.24) is 9.97 Å². The van der Waals surface area contributed by atoms with E-state index in [0.717, 1.165) is 34.7 Å². The van der Waals surface area contributed by atoms with E-state index >= 15 is 0 Å². The van der Waals surface area contributed by atoms with E-state index in [1.165, 1.54) is 4.88 Å². The van der Waals surface area contributed by atoms with Gasteiger partial charge in [-0.25, -0.2) is 4.98 Å². The summed E-state index contributed by atoms with van der Waals surface area (Å²) in [7, 11) is 0. The molecule has 0 amide bonds. The van der Waals surface area contributed by atoms with Crippen molar-refractivity contribution in [2.75, 3.05) is 5.75 Å². The molecule has 0 saturated heterocycles. The number of aliphatic imine (C=N–C) groups is 1. The number of hydrogen-bond donors (Lipinski definition) is 1. The van der Waals surface area contributed by atoms with Gasteiger partial charge < -0.3 is 5.73 Å². The van der Waals surface area contributed by atoms with Crippen molar-refractivity contribution in [2.45, 2.75) is 25.8 Å². The highest BCUT2D eigenvalue weighted by molar-refractivity contribution is 8.13. The summed E-state index contributed by atoms with van der Waals surface area (Å²) in [5, 5.41) is 1.72. The molecular formula is C16H16N4S2. The normalized spacial score (nSPS) is 17.5. The van der Waals surface area contributed by atoms with Crippen molar-refractivity contribution in [2.24, 2.45) is 10.7 Å². The molecule has 3 heterocycles. The van der Waals surface area contributed by atoms with Gasteiger partial charge in [0.15, 0.2) is 5.17 Å². The number of thiazole rings is 1. The van der Waals surface area contributed by atoms with Crippen LogP contribution in [0.4, 0.5) is 0 Å². The minimum absolute atomic E-state index is 0.121. The Morgan fingerprint density at radius 1 is 1.36 bits per heavy atom. The van der Waals surface area contributed by atoms with Crippen LogP contribution in [0, 0.1) is 11.8 Å². The Balaban J connectivity index is 1.75. The third-order valence-electron chi connectivity index (χ3n) is 3.22. The third-order valence-corrected chi connectivity index (χ3v) is 5.16. The van der Waals surface area contributed by atoms with Gasteiger partial charge in [0, 0.05) is 41.2 Å². The van der Waals surface area contributed by atoms with Gasteiger partial charge in [-0.2, -0.15) is 0 Å². The number of nitrogens with two attached hydrogens (primary N) is 1. The second-order valence-electron chi connectivity index (χ2n) is 4.92. The van der Waals surface area contributed by atoms with Gasteiger partial charge in [-0.15, -0.1) is 17.3 Å². The summed E-state index contributed by atoms with van der Waals surface area (Å²) >= 11 is 3.32. The maximum atomic E-state index is 5.81. The van der Waals surface area contributed by atoms with Crippen LogP contribution in [0.2, 0.25) is 0 Å². The Labute approximate surface area is 138 Å². The van der Waals surface area contributed by atoms with Crippen LogP contribution in [-0.4, -0.2) is 20.9 Å². The lowest BCUT2D eigenvalue weighted by Crippen LogP contribution is -2.15. The average molecular weight is 328 g/mol. The van der Waals surface area contributed by atoms with Crippen molar-refractivity contribution in [3.63, 3.8) is 0 Å². The van der Waals surface area contributed by atoms with Gasteiger partial charge in [0.2, 0.25) is 0 Å². The Hall–Kier alpha value is -1.84. The summed E-state index contributed by atoms with van der Waals surface area (Å²) in [6.45, 7) is 1.83. The Morgan fingerprint density at radius 3 is 3.09 bits per heavy atom. The Bertz CT molecular complexity index is 755. The number of rotatable bonds is 3. The zero-order chi connectivity index (χ0) is 15.4. The Morgan fingerprint density at radius 2 is 2.27 bits per heavy atom. The van der Waals surface area contributed by atoms with E-state index in [0.29, 0.717) is 5.17 Å². The first-order valence-corrected chi connectivity index (χ1v) is 8.82. The molecule has 1 atom stereocenters. The lowest BCUT2D eigenvalue weighted by atomic mass is 10.1. The van der Waals surface area contributed by atoms with E-state index in [4.69, 9.17) is 5.73 Å². The summed E-state index contributed by atoms with van der Waals surface area (Å²) in [5.41, 5.74) is 7.91. The monoisotopic (exact) mass is 328 g/mol. The molecule has 112 valence electrons. The first-order valence-electron chi connectivity index (χ1n) is 7.02. The summed E-state index contributed by atoms with van der Waals surface area (Å²) in [4.78, 5) is 14.5. The number of amidine groups is 1.